The van der Waals surface area contributed by atoms with Crippen LogP contribution in [-0.2, 0) is 4.74 Å². The molecule has 3 heteroatoms. The average molecular weight is 387 g/mol. The molecule has 0 saturated heterocycles. The first kappa shape index (κ1) is 26.9. The molecule has 164 valence electrons. The van der Waals surface area contributed by atoms with Gasteiger partial charge in [-0.15, -0.1) is 0 Å². The van der Waals surface area contributed by atoms with Crippen molar-refractivity contribution < 1.29 is 14.9 Å². The molecule has 2 rings (SSSR count). The molecule has 3 atom stereocenters. The zero-order valence-electron chi connectivity index (χ0n) is 19.4. The van der Waals surface area contributed by atoms with Crippen molar-refractivity contribution in [2.75, 3.05) is 6.61 Å². The van der Waals surface area contributed by atoms with Crippen molar-refractivity contribution in [1.29, 1.82) is 0 Å². The molecule has 0 bridgehead atoms. The van der Waals surface area contributed by atoms with Gasteiger partial charge in [0.2, 0.25) is 0 Å². The van der Waals surface area contributed by atoms with Gasteiger partial charge in [-0.3, -0.25) is 0 Å². The lowest BCUT2D eigenvalue weighted by atomic mass is 9.89. The molecule has 0 aromatic rings. The van der Waals surface area contributed by atoms with E-state index in [2.05, 4.69) is 34.6 Å². The van der Waals surface area contributed by atoms with Gasteiger partial charge in [0.05, 0.1) is 12.7 Å². The van der Waals surface area contributed by atoms with E-state index < -0.39 is 6.29 Å². The molecule has 0 amide bonds. The molecule has 0 aromatic carbocycles. The summed E-state index contributed by atoms with van der Waals surface area (Å²) in [5.74, 6) is 5.01. The van der Waals surface area contributed by atoms with E-state index in [0.717, 1.165) is 29.6 Å². The van der Waals surface area contributed by atoms with E-state index in [-0.39, 0.29) is 12.5 Å². The Morgan fingerprint density at radius 3 is 1.89 bits per heavy atom. The molecule has 0 heterocycles. The largest absolute Gasteiger partial charge is 0.379 e. The van der Waals surface area contributed by atoms with Crippen LogP contribution in [0.3, 0.4) is 0 Å². The Bertz CT molecular complexity index is 314. The van der Waals surface area contributed by atoms with Gasteiger partial charge in [-0.2, -0.15) is 0 Å². The molecule has 3 nitrogen and oxygen atoms in total. The lowest BCUT2D eigenvalue weighted by Gasteiger charge is -2.16. The Morgan fingerprint density at radius 1 is 0.963 bits per heavy atom. The van der Waals surface area contributed by atoms with Crippen molar-refractivity contribution >= 4 is 0 Å². The molecule has 2 N–H and O–H groups in total. The zero-order chi connectivity index (χ0) is 20.8. The molecule has 0 aliphatic heterocycles. The predicted octanol–water partition coefficient (Wildman–Crippen LogP) is 6.41. The van der Waals surface area contributed by atoms with Gasteiger partial charge in [0.1, 0.15) is 0 Å². The maximum atomic E-state index is 8.34. The number of hydrogen-bond acceptors (Lipinski definition) is 3. The van der Waals surface area contributed by atoms with Crippen LogP contribution < -0.4 is 0 Å². The molecular formula is C24H50O3. The smallest absolute Gasteiger partial charge is 0.153 e. The number of rotatable bonds is 7. The highest BCUT2D eigenvalue weighted by Crippen LogP contribution is 2.39. The Morgan fingerprint density at radius 2 is 1.56 bits per heavy atom. The van der Waals surface area contributed by atoms with E-state index >= 15 is 0 Å². The van der Waals surface area contributed by atoms with Gasteiger partial charge in [-0.05, 0) is 62.7 Å². The monoisotopic (exact) mass is 386 g/mol. The first-order valence-corrected chi connectivity index (χ1v) is 11.6. The van der Waals surface area contributed by atoms with Gasteiger partial charge in [0.25, 0.3) is 0 Å². The Hall–Kier alpha value is -0.120. The molecule has 3 unspecified atom stereocenters. The van der Waals surface area contributed by atoms with Crippen molar-refractivity contribution in [3.05, 3.63) is 0 Å². The summed E-state index contributed by atoms with van der Waals surface area (Å²) in [6.07, 6.45) is 11.1. The number of aliphatic hydroxyl groups is 2. The third kappa shape index (κ3) is 15.5. The fraction of sp³-hybridized carbons (Fsp3) is 1.00. The average Bonchev–Trinajstić information content (AvgIpc) is 3.17. The molecule has 0 aromatic heterocycles. The van der Waals surface area contributed by atoms with Crippen molar-refractivity contribution in [2.45, 2.75) is 119 Å². The second-order valence-electron chi connectivity index (χ2n) is 9.69. The SMILES string of the molecule is CC(C)CC1CC(C)CC1C.CC(C)OCCC(O)O.CCC1CCCC1. The summed E-state index contributed by atoms with van der Waals surface area (Å²) < 4.78 is 5.03. The first-order valence-electron chi connectivity index (χ1n) is 11.6. The minimum atomic E-state index is -1.23. The van der Waals surface area contributed by atoms with Gasteiger partial charge in [0, 0.05) is 6.42 Å². The van der Waals surface area contributed by atoms with Crippen LogP contribution in [0.2, 0.25) is 0 Å². The normalized spacial score (nSPS) is 25.6. The highest BCUT2D eigenvalue weighted by Gasteiger charge is 2.28. The lowest BCUT2D eigenvalue weighted by molar-refractivity contribution is -0.0662. The van der Waals surface area contributed by atoms with Crippen LogP contribution in [0, 0.1) is 29.6 Å². The van der Waals surface area contributed by atoms with Crippen molar-refractivity contribution in [3.8, 4) is 0 Å². The Labute approximate surface area is 170 Å². The maximum Gasteiger partial charge on any atom is 0.153 e. The van der Waals surface area contributed by atoms with Crippen molar-refractivity contribution in [1.82, 2.24) is 0 Å². The summed E-state index contributed by atoms with van der Waals surface area (Å²) in [7, 11) is 0. The molecule has 2 saturated carbocycles. The van der Waals surface area contributed by atoms with Crippen molar-refractivity contribution in [3.63, 3.8) is 0 Å². The third-order valence-corrected chi connectivity index (χ3v) is 5.94. The summed E-state index contributed by atoms with van der Waals surface area (Å²) in [5.41, 5.74) is 0. The topological polar surface area (TPSA) is 49.7 Å². The summed E-state index contributed by atoms with van der Waals surface area (Å²) in [6, 6.07) is 0. The van der Waals surface area contributed by atoms with Crippen LogP contribution in [0.25, 0.3) is 0 Å². The predicted molar refractivity (Wildman–Crippen MR) is 117 cm³/mol. The number of hydrogen-bond donors (Lipinski definition) is 2. The second-order valence-corrected chi connectivity index (χ2v) is 9.69. The third-order valence-electron chi connectivity index (χ3n) is 5.94. The van der Waals surface area contributed by atoms with Gasteiger partial charge < -0.3 is 14.9 Å². The minimum absolute atomic E-state index is 0.170. The number of aliphatic hydroxyl groups excluding tert-OH is 1. The molecule has 0 radical (unpaired) electrons. The molecule has 2 aliphatic rings. The summed E-state index contributed by atoms with van der Waals surface area (Å²) in [5, 5.41) is 16.7. The highest BCUT2D eigenvalue weighted by molar-refractivity contribution is 4.79. The molecule has 27 heavy (non-hydrogen) atoms. The fourth-order valence-electron chi connectivity index (χ4n) is 4.43. The van der Waals surface area contributed by atoms with Crippen LogP contribution in [0.15, 0.2) is 0 Å². The van der Waals surface area contributed by atoms with E-state index in [1.165, 1.54) is 51.4 Å². The lowest BCUT2D eigenvalue weighted by Crippen LogP contribution is -2.11. The van der Waals surface area contributed by atoms with Crippen LogP contribution >= 0.6 is 0 Å². The van der Waals surface area contributed by atoms with Gasteiger partial charge >= 0.3 is 0 Å². The standard InChI is InChI=1S/C11H22.C7H14.C6H14O3/c1-8(2)5-11-7-9(3)6-10(11)4;1-2-7-5-3-4-6-7;1-5(2)9-4-3-6(7)8/h8-11H,5-7H2,1-4H3;7H,2-6H2,1H3;5-8H,3-4H2,1-2H3. The van der Waals surface area contributed by atoms with Gasteiger partial charge in [0.15, 0.2) is 6.29 Å². The van der Waals surface area contributed by atoms with Gasteiger partial charge in [-0.1, -0.05) is 66.7 Å². The summed E-state index contributed by atoms with van der Waals surface area (Å²) >= 11 is 0. The maximum absolute atomic E-state index is 8.34. The molecular weight excluding hydrogens is 336 g/mol. The summed E-state index contributed by atoms with van der Waals surface area (Å²) in [6.45, 7) is 16.0. The van der Waals surface area contributed by atoms with Crippen LogP contribution in [0.5, 0.6) is 0 Å². The Balaban J connectivity index is 0.000000385. The van der Waals surface area contributed by atoms with E-state index in [0.29, 0.717) is 6.61 Å². The van der Waals surface area contributed by atoms with E-state index in [1.54, 1.807) is 0 Å². The Kier molecular flexibility index (Phi) is 15.7. The number of ether oxygens (including phenoxy) is 1. The molecule has 2 aliphatic carbocycles. The highest BCUT2D eigenvalue weighted by atomic mass is 16.5. The van der Waals surface area contributed by atoms with E-state index in [9.17, 15) is 0 Å². The minimum Gasteiger partial charge on any atom is -0.379 e. The van der Waals surface area contributed by atoms with Crippen LogP contribution in [0.4, 0.5) is 0 Å². The van der Waals surface area contributed by atoms with Crippen LogP contribution in [0.1, 0.15) is 106 Å². The zero-order valence-corrected chi connectivity index (χ0v) is 19.4. The van der Waals surface area contributed by atoms with Gasteiger partial charge in [-0.25, -0.2) is 0 Å². The summed E-state index contributed by atoms with van der Waals surface area (Å²) in [4.78, 5) is 0. The van der Waals surface area contributed by atoms with E-state index in [4.69, 9.17) is 14.9 Å². The van der Waals surface area contributed by atoms with E-state index in [1.807, 2.05) is 13.8 Å². The van der Waals surface area contributed by atoms with Crippen LogP contribution in [-0.4, -0.2) is 29.2 Å². The fourth-order valence-corrected chi connectivity index (χ4v) is 4.43. The van der Waals surface area contributed by atoms with Crippen molar-refractivity contribution in [2.24, 2.45) is 29.6 Å². The molecule has 2 fully saturated rings. The second kappa shape index (κ2) is 15.8. The first-order chi connectivity index (χ1) is 12.6. The quantitative estimate of drug-likeness (QED) is 0.497. The molecule has 0 spiro atoms.